The van der Waals surface area contributed by atoms with Crippen LogP contribution in [0, 0.1) is 0 Å². The molecule has 2 aromatic rings. The number of benzene rings is 1. The molecule has 128 valence electrons. The first kappa shape index (κ1) is 17.8. The maximum Gasteiger partial charge on any atom is 0.416 e. The van der Waals surface area contributed by atoms with Crippen LogP contribution in [0.1, 0.15) is 21.7 Å². The Morgan fingerprint density at radius 1 is 1.17 bits per heavy atom. The molecule has 0 N–H and O–H groups in total. The molecule has 24 heavy (non-hydrogen) atoms. The molecule has 0 aliphatic rings. The molecule has 0 spiro atoms. The van der Waals surface area contributed by atoms with Gasteiger partial charge in [0, 0.05) is 18.0 Å². The maximum atomic E-state index is 12.6. The second kappa shape index (κ2) is 6.50. The van der Waals surface area contributed by atoms with Crippen LogP contribution in [0.2, 0.25) is 0 Å². The van der Waals surface area contributed by atoms with Crippen molar-refractivity contribution in [1.29, 1.82) is 0 Å². The zero-order valence-electron chi connectivity index (χ0n) is 11.9. The zero-order chi connectivity index (χ0) is 18.0. The summed E-state index contributed by atoms with van der Waals surface area (Å²) in [6.45, 7) is -1.29. The average molecular weight is 348 g/mol. The molecule has 0 bridgehead atoms. The molecule has 1 aromatic carbocycles. The van der Waals surface area contributed by atoms with Gasteiger partial charge in [0.15, 0.2) is 5.78 Å². The summed E-state index contributed by atoms with van der Waals surface area (Å²) < 4.78 is 75.7. The van der Waals surface area contributed by atoms with Crippen LogP contribution in [0.3, 0.4) is 0 Å². The summed E-state index contributed by atoms with van der Waals surface area (Å²) in [5.41, 5.74) is -1.21. The van der Waals surface area contributed by atoms with E-state index in [1.165, 1.54) is 6.07 Å². The molecule has 0 unspecified atom stereocenters. The molecule has 3 nitrogen and oxygen atoms in total. The highest BCUT2D eigenvalue weighted by Gasteiger charge is 2.31. The van der Waals surface area contributed by atoms with Gasteiger partial charge in [0.25, 0.3) is 0 Å². The summed E-state index contributed by atoms with van der Waals surface area (Å²) >= 11 is 0. The fourth-order valence-corrected chi connectivity index (χ4v) is 1.90. The van der Waals surface area contributed by atoms with Crippen molar-refractivity contribution in [2.24, 2.45) is 0 Å². The van der Waals surface area contributed by atoms with Gasteiger partial charge in [0.2, 0.25) is 0 Å². The molecule has 0 saturated heterocycles. The smallest absolute Gasteiger partial charge is 0.322 e. The molecule has 1 heterocycles. The summed E-state index contributed by atoms with van der Waals surface area (Å²) in [6.07, 6.45) is -4.95. The lowest BCUT2D eigenvalue weighted by atomic mass is 10.1. The van der Waals surface area contributed by atoms with Gasteiger partial charge in [-0.15, -0.1) is 0 Å². The van der Waals surface area contributed by atoms with Crippen LogP contribution in [0.15, 0.2) is 42.7 Å². The van der Waals surface area contributed by atoms with Gasteiger partial charge < -0.3 is 4.57 Å². The molecule has 0 aliphatic carbocycles. The number of carbonyl (C=O) groups is 1. The second-order valence-electron chi connectivity index (χ2n) is 4.80. The van der Waals surface area contributed by atoms with E-state index in [0.717, 1.165) is 41.2 Å². The van der Waals surface area contributed by atoms with E-state index in [0.29, 0.717) is 6.07 Å². The number of carbonyl (C=O) groups excluding carboxylic acids is 1. The third-order valence-corrected chi connectivity index (χ3v) is 2.96. The number of hydrogen-bond donors (Lipinski definition) is 0. The summed E-state index contributed by atoms with van der Waals surface area (Å²) in [5, 5.41) is 0. The standard InChI is InChI=1S/C15H10F6N2O/c16-14(17,18)9-23-7-6-22-13(23)5-4-12(24)10-2-1-3-11(8-10)15(19,20)21/h1-8H,9H2. The van der Waals surface area contributed by atoms with Crippen LogP contribution in [0.25, 0.3) is 6.08 Å². The number of nitrogens with zero attached hydrogens (tertiary/aromatic N) is 2. The Labute approximate surface area is 132 Å². The lowest BCUT2D eigenvalue weighted by Gasteiger charge is -2.08. The van der Waals surface area contributed by atoms with Gasteiger partial charge in [-0.3, -0.25) is 4.79 Å². The number of imidazole rings is 1. The molecular weight excluding hydrogens is 338 g/mol. The quantitative estimate of drug-likeness (QED) is 0.467. The Bertz CT molecular complexity index is 758. The van der Waals surface area contributed by atoms with E-state index in [1.54, 1.807) is 0 Å². The van der Waals surface area contributed by atoms with Crippen LogP contribution in [0.5, 0.6) is 0 Å². The third kappa shape index (κ3) is 4.71. The molecule has 2 rings (SSSR count). The minimum absolute atomic E-state index is 0.132. The van der Waals surface area contributed by atoms with E-state index in [-0.39, 0.29) is 11.4 Å². The summed E-state index contributed by atoms with van der Waals surface area (Å²) in [4.78, 5) is 15.6. The van der Waals surface area contributed by atoms with Crippen molar-refractivity contribution in [3.63, 3.8) is 0 Å². The fraction of sp³-hybridized carbons (Fsp3) is 0.200. The highest BCUT2D eigenvalue weighted by molar-refractivity contribution is 6.06. The normalized spacial score (nSPS) is 12.8. The number of aromatic nitrogens is 2. The van der Waals surface area contributed by atoms with Gasteiger partial charge in [0.05, 0.1) is 5.56 Å². The Balaban J connectivity index is 2.19. The summed E-state index contributed by atoms with van der Waals surface area (Å²) in [6, 6.07) is 3.75. The highest BCUT2D eigenvalue weighted by Crippen LogP contribution is 2.29. The van der Waals surface area contributed by atoms with Gasteiger partial charge in [-0.25, -0.2) is 4.98 Å². The van der Waals surface area contributed by atoms with Crippen molar-refractivity contribution in [2.75, 3.05) is 0 Å². The molecule has 1 aromatic heterocycles. The van der Waals surface area contributed by atoms with Crippen LogP contribution in [-0.4, -0.2) is 21.5 Å². The van der Waals surface area contributed by atoms with Gasteiger partial charge in [-0.1, -0.05) is 12.1 Å². The van der Waals surface area contributed by atoms with E-state index in [1.807, 2.05) is 0 Å². The van der Waals surface area contributed by atoms with Gasteiger partial charge in [-0.05, 0) is 24.3 Å². The van der Waals surface area contributed by atoms with Crippen LogP contribution in [-0.2, 0) is 12.7 Å². The predicted octanol–water partition coefficient (Wildman–Crippen LogP) is 4.36. The molecule has 9 heteroatoms. The Kier molecular flexibility index (Phi) is 4.81. The first-order valence-corrected chi connectivity index (χ1v) is 6.54. The van der Waals surface area contributed by atoms with Crippen LogP contribution in [0.4, 0.5) is 26.3 Å². The van der Waals surface area contributed by atoms with Gasteiger partial charge in [0.1, 0.15) is 12.4 Å². The molecule has 0 amide bonds. The Morgan fingerprint density at radius 2 is 1.88 bits per heavy atom. The van der Waals surface area contributed by atoms with Crippen molar-refractivity contribution >= 4 is 11.9 Å². The van der Waals surface area contributed by atoms with E-state index in [9.17, 15) is 31.1 Å². The topological polar surface area (TPSA) is 34.9 Å². The second-order valence-corrected chi connectivity index (χ2v) is 4.80. The van der Waals surface area contributed by atoms with Crippen molar-refractivity contribution in [3.8, 4) is 0 Å². The third-order valence-electron chi connectivity index (χ3n) is 2.96. The number of alkyl halides is 6. The SMILES string of the molecule is O=C(C=Cc1nccn1CC(F)(F)F)c1cccc(C(F)(F)F)c1. The fourth-order valence-electron chi connectivity index (χ4n) is 1.90. The molecular formula is C15H10F6N2O. The van der Waals surface area contributed by atoms with E-state index < -0.39 is 30.2 Å². The predicted molar refractivity (Wildman–Crippen MR) is 73.1 cm³/mol. The maximum absolute atomic E-state index is 12.6. The number of allylic oxidation sites excluding steroid dienone is 1. The first-order chi connectivity index (χ1) is 11.1. The number of rotatable bonds is 4. The number of halogens is 6. The van der Waals surface area contributed by atoms with E-state index in [2.05, 4.69) is 4.98 Å². The molecule has 0 fully saturated rings. The largest absolute Gasteiger partial charge is 0.416 e. The monoisotopic (exact) mass is 348 g/mol. The average Bonchev–Trinajstić information content (AvgIpc) is 2.89. The minimum atomic E-state index is -4.59. The first-order valence-electron chi connectivity index (χ1n) is 6.54. The Hall–Kier alpha value is -2.58. The van der Waals surface area contributed by atoms with Crippen molar-refractivity contribution in [3.05, 3.63) is 59.7 Å². The number of ketones is 1. The summed E-state index contributed by atoms with van der Waals surface area (Å²) in [7, 11) is 0. The Morgan fingerprint density at radius 3 is 2.50 bits per heavy atom. The minimum Gasteiger partial charge on any atom is -0.322 e. The molecule has 0 atom stereocenters. The lowest BCUT2D eigenvalue weighted by Crippen LogP contribution is -2.18. The van der Waals surface area contributed by atoms with Crippen LogP contribution >= 0.6 is 0 Å². The van der Waals surface area contributed by atoms with Gasteiger partial charge >= 0.3 is 12.4 Å². The lowest BCUT2D eigenvalue weighted by molar-refractivity contribution is -0.140. The van der Waals surface area contributed by atoms with E-state index >= 15 is 0 Å². The zero-order valence-corrected chi connectivity index (χ0v) is 11.9. The highest BCUT2D eigenvalue weighted by atomic mass is 19.4. The van der Waals surface area contributed by atoms with E-state index in [4.69, 9.17) is 0 Å². The molecule has 0 radical (unpaired) electrons. The van der Waals surface area contributed by atoms with Crippen LogP contribution < -0.4 is 0 Å². The molecule has 0 saturated carbocycles. The van der Waals surface area contributed by atoms with Crippen molar-refractivity contribution in [1.82, 2.24) is 9.55 Å². The van der Waals surface area contributed by atoms with Crippen molar-refractivity contribution < 1.29 is 31.1 Å². The van der Waals surface area contributed by atoms with Crippen molar-refractivity contribution in [2.45, 2.75) is 18.9 Å². The number of hydrogen-bond acceptors (Lipinski definition) is 2. The van der Waals surface area contributed by atoms with Gasteiger partial charge in [-0.2, -0.15) is 26.3 Å². The molecule has 0 aliphatic heterocycles. The summed E-state index contributed by atoms with van der Waals surface area (Å²) in [5.74, 6) is -0.907.